The lowest BCUT2D eigenvalue weighted by Crippen LogP contribution is -2.04. The second-order valence-electron chi connectivity index (χ2n) is 12.8. The summed E-state index contributed by atoms with van der Waals surface area (Å²) in [6.45, 7) is 0. The van der Waals surface area contributed by atoms with Gasteiger partial charge in [-0.2, -0.15) is 13.2 Å². The van der Waals surface area contributed by atoms with E-state index in [-0.39, 0.29) is 0 Å². The van der Waals surface area contributed by atoms with Gasteiger partial charge in [0.15, 0.2) is 0 Å². The molecule has 0 aliphatic carbocycles. The van der Waals surface area contributed by atoms with Gasteiger partial charge in [-0.3, -0.25) is 0 Å². The number of nitrogens with zero attached hydrogens (tertiary/aromatic N) is 3. The third-order valence-electron chi connectivity index (χ3n) is 9.75. The van der Waals surface area contributed by atoms with Gasteiger partial charge in [0.25, 0.3) is 0 Å². The van der Waals surface area contributed by atoms with Gasteiger partial charge >= 0.3 is 6.18 Å². The van der Waals surface area contributed by atoms with E-state index in [1.807, 2.05) is 122 Å². The molecule has 0 radical (unpaired) electrons. The van der Waals surface area contributed by atoms with Crippen molar-refractivity contribution >= 4 is 32.8 Å². The van der Waals surface area contributed by atoms with E-state index in [1.54, 1.807) is 6.07 Å². The number of fused-ring (bicyclic) bond motifs is 4. The third kappa shape index (κ3) is 5.10. The summed E-state index contributed by atoms with van der Waals surface area (Å²) in [5.41, 5.74) is 10.1. The number of rotatable bonds is 5. The van der Waals surface area contributed by atoms with Gasteiger partial charge in [-0.15, -0.1) is 0 Å². The minimum Gasteiger partial charge on any atom is -0.327 e. The van der Waals surface area contributed by atoms with Gasteiger partial charge in [-0.05, 0) is 70.3 Å². The maximum absolute atomic E-state index is 14.4. The second-order valence-corrected chi connectivity index (χ2v) is 12.8. The molecular formula is C45H30F3N3. The highest BCUT2D eigenvalue weighted by atomic mass is 19.4. The van der Waals surface area contributed by atoms with E-state index in [0.29, 0.717) is 10.9 Å². The number of alkyl halides is 3. The molecule has 0 unspecified atom stereocenters. The number of hydrogen-bond acceptors (Lipinski definition) is 1. The number of aryl methyl sites for hydroxylation is 1. The van der Waals surface area contributed by atoms with Crippen LogP contribution in [0, 0.1) is 0 Å². The molecule has 2 aromatic heterocycles. The van der Waals surface area contributed by atoms with Crippen molar-refractivity contribution in [2.75, 3.05) is 0 Å². The molecular weight excluding hydrogens is 640 g/mol. The maximum atomic E-state index is 14.4. The Morgan fingerprint density at radius 1 is 0.510 bits per heavy atom. The van der Waals surface area contributed by atoms with Crippen LogP contribution in [0.15, 0.2) is 164 Å². The highest BCUT2D eigenvalue weighted by Gasteiger charge is 2.32. The number of hydrogen-bond donors (Lipinski definition) is 0. The van der Waals surface area contributed by atoms with E-state index in [4.69, 9.17) is 4.98 Å². The minimum atomic E-state index is -4.51. The van der Waals surface area contributed by atoms with Crippen LogP contribution < -0.4 is 0 Å². The summed E-state index contributed by atoms with van der Waals surface area (Å²) in [5.74, 6) is 0.838. The first-order valence-electron chi connectivity index (χ1n) is 16.8. The lowest BCUT2D eigenvalue weighted by atomic mass is 9.84. The number of halogens is 3. The Kier molecular flexibility index (Phi) is 7.14. The highest BCUT2D eigenvalue weighted by molar-refractivity contribution is 6.21. The fourth-order valence-corrected chi connectivity index (χ4v) is 7.45. The van der Waals surface area contributed by atoms with E-state index in [2.05, 4.69) is 39.5 Å². The molecule has 0 saturated heterocycles. The fraction of sp³-hybridized carbons (Fsp3) is 0.0444. The molecule has 0 saturated carbocycles. The van der Waals surface area contributed by atoms with Crippen LogP contribution >= 0.6 is 0 Å². The van der Waals surface area contributed by atoms with Gasteiger partial charge in [-0.25, -0.2) is 4.98 Å². The monoisotopic (exact) mass is 669 g/mol. The molecule has 0 spiro atoms. The molecule has 3 nitrogen and oxygen atoms in total. The molecule has 51 heavy (non-hydrogen) atoms. The average Bonchev–Trinajstić information content (AvgIpc) is 3.68. The number of benzene rings is 7. The molecule has 2 heterocycles. The predicted octanol–water partition coefficient (Wildman–Crippen LogP) is 12.4. The first-order valence-corrected chi connectivity index (χ1v) is 16.8. The normalized spacial score (nSPS) is 11.9. The summed E-state index contributed by atoms with van der Waals surface area (Å²) < 4.78 is 47.5. The summed E-state index contributed by atoms with van der Waals surface area (Å²) in [6, 6.07) is 52.7. The number of imidazole rings is 1. The van der Waals surface area contributed by atoms with Crippen molar-refractivity contribution in [3.05, 3.63) is 169 Å². The van der Waals surface area contributed by atoms with Crippen LogP contribution in [0.1, 0.15) is 5.56 Å². The molecule has 0 aliphatic rings. The van der Waals surface area contributed by atoms with Crippen LogP contribution in [-0.2, 0) is 13.2 Å². The molecule has 9 aromatic rings. The first-order chi connectivity index (χ1) is 24.9. The summed E-state index contributed by atoms with van der Waals surface area (Å²) in [6.07, 6.45) is -4.51. The topological polar surface area (TPSA) is 22.8 Å². The quantitative estimate of drug-likeness (QED) is 0.179. The minimum absolute atomic E-state index is 0.529. The molecule has 246 valence electrons. The summed E-state index contributed by atoms with van der Waals surface area (Å²) >= 11 is 0. The van der Waals surface area contributed by atoms with Gasteiger partial charge in [0.1, 0.15) is 5.82 Å². The largest absolute Gasteiger partial charge is 0.416 e. The van der Waals surface area contributed by atoms with Gasteiger partial charge in [-0.1, -0.05) is 121 Å². The Morgan fingerprint density at radius 2 is 1.06 bits per heavy atom. The maximum Gasteiger partial charge on any atom is 0.416 e. The van der Waals surface area contributed by atoms with Crippen LogP contribution in [0.3, 0.4) is 0 Å². The smallest absolute Gasteiger partial charge is 0.327 e. The average molecular weight is 670 g/mol. The Balaban J connectivity index is 1.45. The summed E-state index contributed by atoms with van der Waals surface area (Å²) in [7, 11) is 2.00. The molecule has 7 aromatic carbocycles. The van der Waals surface area contributed by atoms with Gasteiger partial charge in [0, 0.05) is 34.6 Å². The lowest BCUT2D eigenvalue weighted by molar-refractivity contribution is -0.137. The van der Waals surface area contributed by atoms with E-state index < -0.39 is 11.7 Å². The van der Waals surface area contributed by atoms with E-state index >= 15 is 0 Å². The van der Waals surface area contributed by atoms with Gasteiger partial charge in [0.2, 0.25) is 0 Å². The zero-order valence-corrected chi connectivity index (χ0v) is 27.6. The Morgan fingerprint density at radius 3 is 1.67 bits per heavy atom. The second kappa shape index (κ2) is 11.9. The Hall–Kier alpha value is -6.40. The van der Waals surface area contributed by atoms with Crippen molar-refractivity contribution in [2.24, 2.45) is 7.05 Å². The summed E-state index contributed by atoms with van der Waals surface area (Å²) in [5, 5.41) is 1.29. The molecule has 9 rings (SSSR count). The van der Waals surface area contributed by atoms with Crippen LogP contribution in [0.5, 0.6) is 0 Å². The molecule has 0 aliphatic heterocycles. The Labute approximate surface area is 292 Å². The van der Waals surface area contributed by atoms with Crippen molar-refractivity contribution < 1.29 is 13.2 Å². The van der Waals surface area contributed by atoms with Crippen molar-refractivity contribution in [1.29, 1.82) is 0 Å². The van der Waals surface area contributed by atoms with Crippen LogP contribution in [-0.4, -0.2) is 14.1 Å². The van der Waals surface area contributed by atoms with Crippen molar-refractivity contribution in [3.63, 3.8) is 0 Å². The standard InChI is InChI=1S/C45H30F3N3/c1-50-39-25-23-34(27-37(39)49-44(50)32-20-12-5-13-21-32)51-38-24-22-33(45(46,47)48)26-36(38)43-40(51)28-35(29-14-6-2-7-15-29)41(30-16-8-3-9-17-30)42(43)31-18-10-4-11-19-31/h2-28H,1H3. The van der Waals surface area contributed by atoms with Gasteiger partial charge in [0.05, 0.1) is 27.6 Å². The molecule has 0 atom stereocenters. The van der Waals surface area contributed by atoms with Crippen LogP contribution in [0.4, 0.5) is 13.2 Å². The third-order valence-corrected chi connectivity index (χ3v) is 9.75. The SMILES string of the molecule is Cn1c(-c2ccccc2)nc2cc(-n3c4ccc(C(F)(F)F)cc4c4c(-c5ccccc5)c(-c5ccccc5)c(-c5ccccc5)cc43)ccc21. The van der Waals surface area contributed by atoms with Gasteiger partial charge < -0.3 is 9.13 Å². The van der Waals surface area contributed by atoms with Crippen LogP contribution in [0.2, 0.25) is 0 Å². The van der Waals surface area contributed by atoms with Crippen LogP contribution in [0.25, 0.3) is 83.3 Å². The Bertz CT molecular complexity index is 2710. The molecule has 0 amide bonds. The van der Waals surface area contributed by atoms with Crippen molar-refractivity contribution in [2.45, 2.75) is 6.18 Å². The van der Waals surface area contributed by atoms with E-state index in [0.717, 1.165) is 72.4 Å². The highest BCUT2D eigenvalue weighted by Crippen LogP contribution is 2.49. The summed E-state index contributed by atoms with van der Waals surface area (Å²) in [4.78, 5) is 5.04. The zero-order chi connectivity index (χ0) is 34.7. The number of aromatic nitrogens is 3. The lowest BCUT2D eigenvalue weighted by Gasteiger charge is -2.19. The van der Waals surface area contributed by atoms with E-state index in [9.17, 15) is 13.2 Å². The molecule has 0 bridgehead atoms. The molecule has 0 N–H and O–H groups in total. The van der Waals surface area contributed by atoms with Crippen molar-refractivity contribution in [1.82, 2.24) is 14.1 Å². The fourth-order valence-electron chi connectivity index (χ4n) is 7.45. The molecule has 0 fully saturated rings. The molecule has 6 heteroatoms. The zero-order valence-electron chi connectivity index (χ0n) is 27.6. The van der Waals surface area contributed by atoms with E-state index in [1.165, 1.54) is 12.1 Å². The first kappa shape index (κ1) is 30.6. The predicted molar refractivity (Wildman–Crippen MR) is 202 cm³/mol. The van der Waals surface area contributed by atoms with Crippen molar-refractivity contribution in [3.8, 4) is 50.5 Å².